The first kappa shape index (κ1) is 17.9. The van der Waals surface area contributed by atoms with E-state index in [0.717, 1.165) is 38.6 Å². The molecular weight excluding hydrogens is 316 g/mol. The van der Waals surface area contributed by atoms with Crippen molar-refractivity contribution >= 4 is 11.8 Å². The molecule has 0 saturated carbocycles. The third-order valence-corrected chi connectivity index (χ3v) is 5.43. The van der Waals surface area contributed by atoms with Gasteiger partial charge in [0.05, 0.1) is 17.2 Å². The molecular formula is C19H28N4O2. The minimum absolute atomic E-state index is 0.128. The smallest absolute Gasteiger partial charge is 0.272 e. The monoisotopic (exact) mass is 344 g/mol. The first-order valence-electron chi connectivity index (χ1n) is 9.25. The molecule has 6 heteroatoms. The maximum absolute atomic E-state index is 13.2. The number of carbonyl (C=O) groups excluding carboxylic acids is 2. The Labute approximate surface area is 149 Å². The van der Waals surface area contributed by atoms with Crippen molar-refractivity contribution < 1.29 is 9.59 Å². The molecule has 1 spiro atoms. The van der Waals surface area contributed by atoms with Crippen LogP contribution in [0.25, 0.3) is 0 Å². The standard InChI is InChI=1S/C19H28N4O2/c1-4-6-12-16-19(21(16)3)22(13-7-5-2)23(19)18(25)15-11-9-8-10-14(15)17(20)24/h8-11,16H,4-7,12-13H2,1-3H3,(H2,20,24)/t16-,19-,21?,22?,23?/m1/s1. The number of carbonyl (C=O) groups is 2. The van der Waals surface area contributed by atoms with Crippen LogP contribution in [0, 0.1) is 0 Å². The van der Waals surface area contributed by atoms with Crippen LogP contribution >= 0.6 is 0 Å². The molecule has 3 rings (SSSR count). The van der Waals surface area contributed by atoms with Gasteiger partial charge in [-0.2, -0.15) is 5.01 Å². The maximum Gasteiger partial charge on any atom is 0.272 e. The number of hydrogen-bond acceptors (Lipinski definition) is 4. The van der Waals surface area contributed by atoms with Crippen LogP contribution < -0.4 is 5.73 Å². The molecule has 2 saturated heterocycles. The minimum atomic E-state index is -0.563. The zero-order valence-corrected chi connectivity index (χ0v) is 15.4. The Morgan fingerprint density at radius 2 is 1.76 bits per heavy atom. The third-order valence-electron chi connectivity index (χ3n) is 5.43. The molecule has 2 unspecified atom stereocenters. The predicted octanol–water partition coefficient (Wildman–Crippen LogP) is 2.42. The van der Waals surface area contributed by atoms with Crippen LogP contribution in [0.1, 0.15) is 66.7 Å². The van der Waals surface area contributed by atoms with Gasteiger partial charge in [0.15, 0.2) is 0 Å². The van der Waals surface area contributed by atoms with E-state index in [0.29, 0.717) is 17.2 Å². The molecule has 0 radical (unpaired) electrons. The fourth-order valence-corrected chi connectivity index (χ4v) is 3.98. The van der Waals surface area contributed by atoms with E-state index in [1.54, 1.807) is 24.3 Å². The van der Waals surface area contributed by atoms with Crippen molar-refractivity contribution in [2.45, 2.75) is 57.8 Å². The molecule has 0 aromatic heterocycles. The van der Waals surface area contributed by atoms with E-state index in [1.807, 2.05) is 5.01 Å². The molecule has 4 atom stereocenters. The van der Waals surface area contributed by atoms with Gasteiger partial charge in [-0.1, -0.05) is 45.2 Å². The van der Waals surface area contributed by atoms with E-state index in [1.165, 1.54) is 0 Å². The SMILES string of the molecule is CCCC[C@H]1N(C)[C@@]12N(CCCC)N2C(=O)c1ccccc1C(N)=O. The molecule has 6 nitrogen and oxygen atoms in total. The van der Waals surface area contributed by atoms with Crippen molar-refractivity contribution in [3.8, 4) is 0 Å². The van der Waals surface area contributed by atoms with Gasteiger partial charge in [0.1, 0.15) is 0 Å². The molecule has 2 aliphatic heterocycles. The summed E-state index contributed by atoms with van der Waals surface area (Å²) in [7, 11) is 2.08. The van der Waals surface area contributed by atoms with Crippen molar-refractivity contribution in [2.75, 3.05) is 13.6 Å². The van der Waals surface area contributed by atoms with E-state index in [9.17, 15) is 9.59 Å². The highest BCUT2D eigenvalue weighted by molar-refractivity contribution is 6.07. The van der Waals surface area contributed by atoms with Crippen molar-refractivity contribution in [3.05, 3.63) is 35.4 Å². The van der Waals surface area contributed by atoms with Gasteiger partial charge in [-0.3, -0.25) is 14.5 Å². The van der Waals surface area contributed by atoms with Crippen LogP contribution in [-0.4, -0.2) is 52.2 Å². The van der Waals surface area contributed by atoms with Crippen LogP contribution in [0.3, 0.4) is 0 Å². The van der Waals surface area contributed by atoms with Gasteiger partial charge in [0.2, 0.25) is 11.7 Å². The molecule has 1 aromatic carbocycles. The van der Waals surface area contributed by atoms with Crippen LogP contribution in [0.2, 0.25) is 0 Å². The Kier molecular flexibility index (Phi) is 4.84. The van der Waals surface area contributed by atoms with Crippen molar-refractivity contribution in [1.82, 2.24) is 14.9 Å². The number of primary amides is 1. The number of nitrogens with zero attached hydrogens (tertiary/aromatic N) is 3. The fourth-order valence-electron chi connectivity index (χ4n) is 3.98. The molecule has 0 bridgehead atoms. The number of amides is 2. The van der Waals surface area contributed by atoms with Crippen molar-refractivity contribution in [1.29, 1.82) is 0 Å². The molecule has 2 aliphatic rings. The molecule has 136 valence electrons. The van der Waals surface area contributed by atoms with Gasteiger partial charge < -0.3 is 5.73 Å². The molecule has 2 fully saturated rings. The van der Waals surface area contributed by atoms with Crippen LogP contribution in [0.5, 0.6) is 0 Å². The second kappa shape index (κ2) is 6.77. The molecule has 0 aliphatic carbocycles. The van der Waals surface area contributed by atoms with Gasteiger partial charge in [-0.05, 0) is 32.0 Å². The van der Waals surface area contributed by atoms with E-state index in [-0.39, 0.29) is 11.7 Å². The molecule has 2 N–H and O–H groups in total. The maximum atomic E-state index is 13.2. The van der Waals surface area contributed by atoms with Gasteiger partial charge in [0, 0.05) is 6.54 Å². The average molecular weight is 344 g/mol. The minimum Gasteiger partial charge on any atom is -0.366 e. The summed E-state index contributed by atoms with van der Waals surface area (Å²) in [6, 6.07) is 7.19. The molecule has 1 aromatic rings. The zero-order chi connectivity index (χ0) is 18.2. The number of rotatable bonds is 8. The summed E-state index contributed by atoms with van der Waals surface area (Å²) in [5, 5.41) is 4.00. The van der Waals surface area contributed by atoms with Gasteiger partial charge in [-0.25, -0.2) is 5.01 Å². The topological polar surface area (TPSA) is 69.2 Å². The Hall–Kier alpha value is -1.92. The molecule has 25 heavy (non-hydrogen) atoms. The highest BCUT2D eigenvalue weighted by atomic mass is 16.2. The summed E-state index contributed by atoms with van der Waals surface area (Å²) in [4.78, 5) is 27.1. The Morgan fingerprint density at radius 1 is 1.12 bits per heavy atom. The second-order valence-electron chi connectivity index (χ2n) is 6.96. The van der Waals surface area contributed by atoms with Crippen LogP contribution in [-0.2, 0) is 0 Å². The zero-order valence-electron chi connectivity index (χ0n) is 15.4. The normalized spacial score (nSPS) is 29.7. The summed E-state index contributed by atoms with van der Waals surface area (Å²) >= 11 is 0. The Balaban J connectivity index is 1.85. The van der Waals surface area contributed by atoms with E-state index >= 15 is 0 Å². The number of likely N-dealkylation sites (N-methyl/N-ethyl adjacent to an activating group) is 1. The first-order valence-corrected chi connectivity index (χ1v) is 9.25. The van der Waals surface area contributed by atoms with E-state index < -0.39 is 5.91 Å². The van der Waals surface area contributed by atoms with Crippen LogP contribution in [0.4, 0.5) is 0 Å². The molecule has 2 heterocycles. The van der Waals surface area contributed by atoms with Crippen molar-refractivity contribution in [2.24, 2.45) is 5.73 Å². The summed E-state index contributed by atoms with van der Waals surface area (Å²) < 4.78 is 0. The highest BCUT2D eigenvalue weighted by Gasteiger charge is 2.82. The Morgan fingerprint density at radius 3 is 2.36 bits per heavy atom. The molecule has 2 amide bonds. The predicted molar refractivity (Wildman–Crippen MR) is 96.6 cm³/mol. The second-order valence-corrected chi connectivity index (χ2v) is 6.96. The van der Waals surface area contributed by atoms with E-state index in [4.69, 9.17) is 5.73 Å². The van der Waals surface area contributed by atoms with Gasteiger partial charge in [0.25, 0.3) is 5.91 Å². The number of unbranched alkanes of at least 4 members (excludes halogenated alkanes) is 2. The summed E-state index contributed by atoms with van der Waals surface area (Å²) in [5.74, 6) is -0.977. The number of hydrogen-bond donors (Lipinski definition) is 1. The average Bonchev–Trinajstić information content (AvgIpc) is 3.45. The van der Waals surface area contributed by atoms with Crippen molar-refractivity contribution in [3.63, 3.8) is 0 Å². The quantitative estimate of drug-likeness (QED) is 0.735. The summed E-state index contributed by atoms with van der Waals surface area (Å²) in [6.45, 7) is 5.19. The Bertz CT molecular complexity index is 677. The number of hydrazine groups is 1. The lowest BCUT2D eigenvalue weighted by Crippen LogP contribution is -2.23. The fraction of sp³-hybridized carbons (Fsp3) is 0.579. The summed E-state index contributed by atoms with van der Waals surface area (Å²) in [6.07, 6.45) is 5.50. The lowest BCUT2D eigenvalue weighted by Gasteiger charge is -2.07. The lowest BCUT2D eigenvalue weighted by atomic mass is 10.1. The van der Waals surface area contributed by atoms with Gasteiger partial charge in [-0.15, -0.1) is 0 Å². The lowest BCUT2D eigenvalue weighted by molar-refractivity contribution is 0.0795. The number of benzene rings is 1. The van der Waals surface area contributed by atoms with E-state index in [2.05, 4.69) is 30.8 Å². The largest absolute Gasteiger partial charge is 0.366 e. The van der Waals surface area contributed by atoms with Crippen LogP contribution in [0.15, 0.2) is 24.3 Å². The third kappa shape index (κ3) is 2.73. The number of nitrogens with two attached hydrogens (primary N) is 1. The summed E-state index contributed by atoms with van der Waals surface area (Å²) in [5.41, 5.74) is 6.14. The van der Waals surface area contributed by atoms with Gasteiger partial charge >= 0.3 is 0 Å². The first-order chi connectivity index (χ1) is 12.0. The highest BCUT2D eigenvalue weighted by Crippen LogP contribution is 2.60.